The number of carbonyl (C=O) groups is 2. The van der Waals surface area contributed by atoms with Crippen LogP contribution >= 0.6 is 0 Å². The minimum atomic E-state index is -0.555. The van der Waals surface area contributed by atoms with Gasteiger partial charge in [0.05, 0.1) is 18.8 Å². The van der Waals surface area contributed by atoms with Gasteiger partial charge in [0.1, 0.15) is 0 Å². The second-order valence-electron chi connectivity index (χ2n) is 13.6. The zero-order valence-electron chi connectivity index (χ0n) is 30.0. The van der Waals surface area contributed by atoms with Crippen LogP contribution < -0.4 is 15.5 Å². The second-order valence-corrected chi connectivity index (χ2v) is 13.6. The Morgan fingerprint density at radius 2 is 1.56 bits per heavy atom. The van der Waals surface area contributed by atoms with Crippen molar-refractivity contribution in [1.29, 1.82) is 0 Å². The summed E-state index contributed by atoms with van der Waals surface area (Å²) in [5.41, 5.74) is 6.00. The van der Waals surface area contributed by atoms with Crippen LogP contribution in [0.1, 0.15) is 73.7 Å². The van der Waals surface area contributed by atoms with Crippen molar-refractivity contribution in [2.75, 3.05) is 44.2 Å². The highest BCUT2D eigenvalue weighted by Crippen LogP contribution is 2.39. The quantitative estimate of drug-likeness (QED) is 0.141. The van der Waals surface area contributed by atoms with Gasteiger partial charge in [0.15, 0.2) is 6.29 Å². The molecule has 0 aliphatic carbocycles. The maximum Gasteiger partial charge on any atom is 0.225 e. The fourth-order valence-electron chi connectivity index (χ4n) is 6.77. The predicted octanol–water partition coefficient (Wildman–Crippen LogP) is 5.32. The van der Waals surface area contributed by atoms with Crippen LogP contribution in [0.15, 0.2) is 91.3 Å². The highest BCUT2D eigenvalue weighted by molar-refractivity contribution is 5.76. The van der Waals surface area contributed by atoms with Crippen LogP contribution in [0.25, 0.3) is 11.1 Å². The maximum absolute atomic E-state index is 12.5. The summed E-state index contributed by atoms with van der Waals surface area (Å²) in [6, 6.07) is 26.4. The number of amides is 2. The van der Waals surface area contributed by atoms with Gasteiger partial charge in [-0.15, -0.1) is 0 Å². The summed E-state index contributed by atoms with van der Waals surface area (Å²) < 4.78 is 13.4. The molecule has 3 heterocycles. The van der Waals surface area contributed by atoms with E-state index in [0.29, 0.717) is 19.5 Å². The third-order valence-electron chi connectivity index (χ3n) is 9.65. The van der Waals surface area contributed by atoms with E-state index < -0.39 is 6.29 Å². The zero-order valence-corrected chi connectivity index (χ0v) is 30.0. The van der Waals surface area contributed by atoms with Gasteiger partial charge in [-0.1, -0.05) is 67.1 Å². The molecule has 52 heavy (non-hydrogen) atoms. The topological polar surface area (TPSA) is 129 Å². The first kappa shape index (κ1) is 37.1. The molecule has 0 bridgehead atoms. The summed E-state index contributed by atoms with van der Waals surface area (Å²) in [5, 5.41) is 15.4. The number of unbranched alkanes of at least 4 members (excludes halogenated alkanes) is 2. The molecule has 2 aliphatic rings. The number of piperazine rings is 1. The van der Waals surface area contributed by atoms with Gasteiger partial charge >= 0.3 is 0 Å². The molecule has 11 nitrogen and oxygen atoms in total. The van der Waals surface area contributed by atoms with Crippen LogP contribution in [-0.2, 0) is 32.2 Å². The van der Waals surface area contributed by atoms with E-state index >= 15 is 0 Å². The Morgan fingerprint density at radius 3 is 2.31 bits per heavy atom. The zero-order chi connectivity index (χ0) is 36.1. The molecule has 0 radical (unpaired) electrons. The van der Waals surface area contributed by atoms with E-state index in [4.69, 9.17) is 9.47 Å². The van der Waals surface area contributed by atoms with Gasteiger partial charge in [-0.2, -0.15) is 0 Å². The summed E-state index contributed by atoms with van der Waals surface area (Å²) in [5.74, 6) is 0.775. The number of benzene rings is 3. The van der Waals surface area contributed by atoms with Crippen LogP contribution in [0, 0.1) is 0 Å². The molecule has 2 saturated heterocycles. The fraction of sp³-hybridized carbons (Fsp3) is 0.415. The number of ether oxygens (including phenoxy) is 2. The number of nitrogens with one attached hydrogen (secondary N) is 2. The Balaban J connectivity index is 1.09. The lowest BCUT2D eigenvalue weighted by atomic mass is 9.98. The van der Waals surface area contributed by atoms with Gasteiger partial charge in [0.25, 0.3) is 0 Å². The van der Waals surface area contributed by atoms with Crippen molar-refractivity contribution in [3.05, 3.63) is 114 Å². The van der Waals surface area contributed by atoms with Gasteiger partial charge in [-0.25, -0.2) is 9.97 Å². The number of rotatable bonds is 15. The largest absolute Gasteiger partial charge is 0.392 e. The molecule has 3 aromatic carbocycles. The van der Waals surface area contributed by atoms with Crippen molar-refractivity contribution in [1.82, 2.24) is 25.5 Å². The Kier molecular flexibility index (Phi) is 13.3. The standard InChI is InChI=1S/C41H50N6O5/c1-30(49)42-17-4-2-3-12-39(50)45-27-32-8-5-9-34(24-32)35-10-6-11-36(25-35)40-51-37(26-38(52-40)33-15-13-31(29-48)14-16-33)28-46-20-22-47(23-21-46)41-43-18-7-19-44-41/h5-11,13-16,18-19,24-25,37-38,40,48H,2-4,12,17,20-23,26-29H2,1H3,(H,42,49)(H,45,50)/t37-,38+,40+/m0/s1. The number of hydrogen-bond donors (Lipinski definition) is 3. The number of carbonyl (C=O) groups excluding carboxylic acids is 2. The summed E-state index contributed by atoms with van der Waals surface area (Å²) >= 11 is 0. The first-order valence-electron chi connectivity index (χ1n) is 18.4. The molecule has 2 aliphatic heterocycles. The van der Waals surface area contributed by atoms with Crippen LogP contribution in [0.4, 0.5) is 5.95 Å². The first-order valence-corrected chi connectivity index (χ1v) is 18.4. The van der Waals surface area contributed by atoms with E-state index in [1.807, 2.05) is 48.5 Å². The van der Waals surface area contributed by atoms with Gasteiger partial charge in [0, 0.05) is 83.5 Å². The Bertz CT molecular complexity index is 1730. The highest BCUT2D eigenvalue weighted by Gasteiger charge is 2.34. The average molecular weight is 707 g/mol. The minimum Gasteiger partial charge on any atom is -0.392 e. The first-order chi connectivity index (χ1) is 25.4. The van der Waals surface area contributed by atoms with E-state index in [0.717, 1.165) is 97.7 Å². The van der Waals surface area contributed by atoms with Gasteiger partial charge in [0.2, 0.25) is 17.8 Å². The molecule has 2 amide bonds. The number of aliphatic hydroxyl groups excluding tert-OH is 1. The predicted molar refractivity (Wildman–Crippen MR) is 200 cm³/mol. The monoisotopic (exact) mass is 706 g/mol. The molecule has 6 rings (SSSR count). The number of anilines is 1. The lowest BCUT2D eigenvalue weighted by molar-refractivity contribution is -0.253. The van der Waals surface area contributed by atoms with E-state index in [-0.39, 0.29) is 30.6 Å². The molecule has 0 unspecified atom stereocenters. The van der Waals surface area contributed by atoms with E-state index in [9.17, 15) is 14.7 Å². The number of hydrogen-bond acceptors (Lipinski definition) is 9. The summed E-state index contributed by atoms with van der Waals surface area (Å²) in [6.45, 7) is 6.91. The SMILES string of the molecule is CC(=O)NCCCCCC(=O)NCc1cccc(-c2cccc([C@@H]3O[C@H](CN4CCN(c5ncccn5)CC4)C[C@H](c4ccc(CO)cc4)O3)c2)c1. The van der Waals surface area contributed by atoms with Crippen LogP contribution in [0.5, 0.6) is 0 Å². The normalized spacial score (nSPS) is 19.3. The molecule has 3 atom stereocenters. The van der Waals surface area contributed by atoms with Crippen molar-refractivity contribution in [2.45, 2.75) is 70.7 Å². The summed E-state index contributed by atoms with van der Waals surface area (Å²) in [7, 11) is 0. The Morgan fingerprint density at radius 1 is 0.808 bits per heavy atom. The second kappa shape index (κ2) is 18.7. The number of aromatic nitrogens is 2. The Hall–Kier alpha value is -4.68. The number of nitrogens with zero attached hydrogens (tertiary/aromatic N) is 4. The third kappa shape index (κ3) is 10.7. The molecular formula is C41H50N6O5. The highest BCUT2D eigenvalue weighted by atomic mass is 16.7. The lowest BCUT2D eigenvalue weighted by Gasteiger charge is -2.40. The molecule has 0 saturated carbocycles. The molecule has 1 aromatic heterocycles. The number of aliphatic hydroxyl groups is 1. The minimum absolute atomic E-state index is 0.00263. The van der Waals surface area contributed by atoms with Crippen molar-refractivity contribution >= 4 is 17.8 Å². The lowest BCUT2D eigenvalue weighted by Crippen LogP contribution is -2.50. The molecule has 3 N–H and O–H groups in total. The molecule has 2 fully saturated rings. The van der Waals surface area contributed by atoms with Gasteiger partial charge in [-0.05, 0) is 58.9 Å². The summed E-state index contributed by atoms with van der Waals surface area (Å²) in [4.78, 5) is 37.0. The molecule has 11 heteroatoms. The van der Waals surface area contributed by atoms with Crippen LogP contribution in [-0.4, -0.2) is 77.2 Å². The molecular weight excluding hydrogens is 656 g/mol. The van der Waals surface area contributed by atoms with Crippen molar-refractivity contribution in [3.63, 3.8) is 0 Å². The van der Waals surface area contributed by atoms with Crippen molar-refractivity contribution in [3.8, 4) is 11.1 Å². The fourth-order valence-corrected chi connectivity index (χ4v) is 6.77. The van der Waals surface area contributed by atoms with Gasteiger partial charge in [-0.3, -0.25) is 14.5 Å². The van der Waals surface area contributed by atoms with Gasteiger partial charge < -0.3 is 30.1 Å². The van der Waals surface area contributed by atoms with Crippen LogP contribution in [0.2, 0.25) is 0 Å². The maximum atomic E-state index is 12.5. The van der Waals surface area contributed by atoms with Crippen LogP contribution in [0.3, 0.4) is 0 Å². The smallest absolute Gasteiger partial charge is 0.225 e. The Labute approximate surface area is 306 Å². The van der Waals surface area contributed by atoms with Crippen molar-refractivity contribution in [2.24, 2.45) is 0 Å². The van der Waals surface area contributed by atoms with E-state index in [1.165, 1.54) is 6.92 Å². The molecule has 274 valence electrons. The third-order valence-corrected chi connectivity index (χ3v) is 9.65. The molecule has 4 aromatic rings. The summed E-state index contributed by atoms with van der Waals surface area (Å²) in [6.07, 6.45) is 6.55. The average Bonchev–Trinajstić information content (AvgIpc) is 3.19. The van der Waals surface area contributed by atoms with E-state index in [1.54, 1.807) is 12.4 Å². The van der Waals surface area contributed by atoms with Crippen molar-refractivity contribution < 1.29 is 24.2 Å². The molecule has 0 spiro atoms. The van der Waals surface area contributed by atoms with E-state index in [2.05, 4.69) is 60.7 Å².